The van der Waals surface area contributed by atoms with E-state index < -0.39 is 11.8 Å². The molecule has 2 rings (SSSR count). The van der Waals surface area contributed by atoms with Gasteiger partial charge in [-0.3, -0.25) is 4.68 Å². The number of nitrogens with zero attached hydrogens (tertiary/aromatic N) is 2. The van der Waals surface area contributed by atoms with Crippen molar-refractivity contribution in [3.05, 3.63) is 47.0 Å². The number of esters is 1. The van der Waals surface area contributed by atoms with Crippen LogP contribution in [0.25, 0.3) is 0 Å². The number of halogens is 1. The van der Waals surface area contributed by atoms with Gasteiger partial charge in [-0.25, -0.2) is 9.18 Å². The number of carbonyl (C=O) groups is 1. The Bertz CT molecular complexity index is 642. The zero-order valence-corrected chi connectivity index (χ0v) is 12.3. The molecule has 0 fully saturated rings. The maximum atomic E-state index is 13.6. The van der Waals surface area contributed by atoms with Gasteiger partial charge in [0.15, 0.2) is 0 Å². The first-order valence-corrected chi connectivity index (χ1v) is 6.65. The first-order chi connectivity index (χ1) is 9.88. The third-order valence-corrected chi connectivity index (χ3v) is 3.16. The van der Waals surface area contributed by atoms with E-state index in [9.17, 15) is 9.18 Å². The van der Waals surface area contributed by atoms with Crippen LogP contribution in [0.4, 0.5) is 10.1 Å². The van der Waals surface area contributed by atoms with Gasteiger partial charge in [0.1, 0.15) is 12.4 Å². The van der Waals surface area contributed by atoms with Gasteiger partial charge in [0.05, 0.1) is 11.3 Å². The van der Waals surface area contributed by atoms with Gasteiger partial charge in [-0.1, -0.05) is 0 Å². The number of hydrogen-bond acceptors (Lipinski definition) is 4. The van der Waals surface area contributed by atoms with E-state index in [0.717, 1.165) is 6.07 Å². The van der Waals surface area contributed by atoms with Crippen LogP contribution in [0.3, 0.4) is 0 Å². The van der Waals surface area contributed by atoms with E-state index in [0.29, 0.717) is 11.3 Å². The number of carbonyl (C=O) groups excluding carboxylic acids is 1. The summed E-state index contributed by atoms with van der Waals surface area (Å²) in [5.74, 6) is -1.15. The summed E-state index contributed by atoms with van der Waals surface area (Å²) in [6, 6.07) is 4.55. The average molecular weight is 291 g/mol. The summed E-state index contributed by atoms with van der Waals surface area (Å²) >= 11 is 0. The number of ether oxygens (including phenoxy) is 1. The Morgan fingerprint density at radius 3 is 2.76 bits per heavy atom. The van der Waals surface area contributed by atoms with E-state index in [1.54, 1.807) is 17.7 Å². The second kappa shape index (κ2) is 5.95. The highest BCUT2D eigenvalue weighted by Gasteiger charge is 2.13. The maximum absolute atomic E-state index is 13.6. The monoisotopic (exact) mass is 291 g/mol. The smallest absolute Gasteiger partial charge is 0.338 e. The number of hydrogen-bond donors (Lipinski definition) is 1. The molecule has 0 bridgehead atoms. The predicted molar refractivity (Wildman–Crippen MR) is 77.3 cm³/mol. The number of nitrogens with two attached hydrogens (primary N) is 1. The van der Waals surface area contributed by atoms with Crippen LogP contribution < -0.4 is 5.73 Å². The van der Waals surface area contributed by atoms with Crippen LogP contribution in [-0.2, 0) is 11.3 Å². The molecule has 1 aromatic carbocycles. The Morgan fingerprint density at radius 1 is 1.48 bits per heavy atom. The molecule has 0 atom stereocenters. The summed E-state index contributed by atoms with van der Waals surface area (Å²) in [5.41, 5.74) is 6.92. The Balaban J connectivity index is 2.04. The fraction of sp³-hybridized carbons (Fsp3) is 0.333. The SMILES string of the molecule is Cc1c(N)cc(C(=O)OCc2ccn(C(C)C)n2)cc1F. The molecule has 21 heavy (non-hydrogen) atoms. The van der Waals surface area contributed by atoms with Gasteiger partial charge < -0.3 is 10.5 Å². The van der Waals surface area contributed by atoms with Gasteiger partial charge in [0.25, 0.3) is 0 Å². The summed E-state index contributed by atoms with van der Waals surface area (Å²) in [4.78, 5) is 11.9. The first kappa shape index (κ1) is 15.0. The van der Waals surface area contributed by atoms with Crippen LogP contribution in [0.2, 0.25) is 0 Å². The zero-order chi connectivity index (χ0) is 15.6. The number of aromatic nitrogens is 2. The fourth-order valence-electron chi connectivity index (χ4n) is 1.78. The normalized spacial score (nSPS) is 10.9. The lowest BCUT2D eigenvalue weighted by Crippen LogP contribution is -2.08. The van der Waals surface area contributed by atoms with Crippen LogP contribution in [0, 0.1) is 12.7 Å². The highest BCUT2D eigenvalue weighted by Crippen LogP contribution is 2.18. The molecule has 0 aliphatic carbocycles. The molecular weight excluding hydrogens is 273 g/mol. The molecule has 112 valence electrons. The predicted octanol–water partition coefficient (Wildman–Crippen LogP) is 2.85. The second-order valence-electron chi connectivity index (χ2n) is 5.13. The molecule has 0 aliphatic rings. The van der Waals surface area contributed by atoms with E-state index in [4.69, 9.17) is 10.5 Å². The van der Waals surface area contributed by atoms with Crippen LogP contribution >= 0.6 is 0 Å². The Morgan fingerprint density at radius 2 is 2.19 bits per heavy atom. The molecule has 0 saturated carbocycles. The molecule has 0 amide bonds. The molecule has 2 N–H and O–H groups in total. The van der Waals surface area contributed by atoms with Gasteiger partial charge in [-0.2, -0.15) is 5.10 Å². The lowest BCUT2D eigenvalue weighted by molar-refractivity contribution is 0.0466. The molecule has 6 heteroatoms. The van der Waals surface area contributed by atoms with Gasteiger partial charge in [0.2, 0.25) is 0 Å². The summed E-state index contributed by atoms with van der Waals surface area (Å²) in [6.45, 7) is 5.59. The van der Waals surface area contributed by atoms with Gasteiger partial charge in [-0.05, 0) is 39.0 Å². The molecule has 5 nitrogen and oxygen atoms in total. The van der Waals surface area contributed by atoms with Crippen molar-refractivity contribution in [3.63, 3.8) is 0 Å². The van der Waals surface area contributed by atoms with Crippen molar-refractivity contribution < 1.29 is 13.9 Å². The molecule has 0 aliphatic heterocycles. The van der Waals surface area contributed by atoms with Crippen LogP contribution in [0.5, 0.6) is 0 Å². The van der Waals surface area contributed by atoms with Gasteiger partial charge >= 0.3 is 5.97 Å². The lowest BCUT2D eigenvalue weighted by Gasteiger charge is -2.07. The molecule has 0 radical (unpaired) electrons. The maximum Gasteiger partial charge on any atom is 0.338 e. The Labute approximate surface area is 122 Å². The minimum absolute atomic E-state index is 0.0357. The standard InChI is InChI=1S/C15H18FN3O2/c1-9(2)19-5-4-12(18-19)8-21-15(20)11-6-13(16)10(3)14(17)7-11/h4-7,9H,8,17H2,1-3H3. The summed E-state index contributed by atoms with van der Waals surface area (Å²) in [5, 5.41) is 4.27. The highest BCUT2D eigenvalue weighted by atomic mass is 19.1. The van der Waals surface area contributed by atoms with Crippen molar-refractivity contribution in [2.24, 2.45) is 0 Å². The summed E-state index contributed by atoms with van der Waals surface area (Å²) in [6.07, 6.45) is 1.82. The van der Waals surface area contributed by atoms with Crippen molar-refractivity contribution in [2.75, 3.05) is 5.73 Å². The zero-order valence-electron chi connectivity index (χ0n) is 12.3. The van der Waals surface area contributed by atoms with Crippen LogP contribution in [0.1, 0.15) is 41.5 Å². The van der Waals surface area contributed by atoms with E-state index >= 15 is 0 Å². The molecular formula is C15H18FN3O2. The Hall–Kier alpha value is -2.37. The van der Waals surface area contributed by atoms with E-state index in [1.165, 1.54) is 6.07 Å². The summed E-state index contributed by atoms with van der Waals surface area (Å²) in [7, 11) is 0. The minimum Gasteiger partial charge on any atom is -0.456 e. The number of anilines is 1. The fourth-order valence-corrected chi connectivity index (χ4v) is 1.78. The van der Waals surface area contributed by atoms with E-state index in [1.807, 2.05) is 20.0 Å². The Kier molecular flexibility index (Phi) is 4.26. The van der Waals surface area contributed by atoms with Gasteiger partial charge in [0, 0.05) is 23.5 Å². The molecule has 0 unspecified atom stereocenters. The van der Waals surface area contributed by atoms with E-state index in [2.05, 4.69) is 5.10 Å². The van der Waals surface area contributed by atoms with Crippen molar-refractivity contribution >= 4 is 11.7 Å². The molecule has 1 heterocycles. The third kappa shape index (κ3) is 3.39. The van der Waals surface area contributed by atoms with Gasteiger partial charge in [-0.15, -0.1) is 0 Å². The second-order valence-corrected chi connectivity index (χ2v) is 5.13. The topological polar surface area (TPSA) is 70.1 Å². The lowest BCUT2D eigenvalue weighted by atomic mass is 10.1. The third-order valence-electron chi connectivity index (χ3n) is 3.16. The van der Waals surface area contributed by atoms with Crippen LogP contribution in [-0.4, -0.2) is 15.7 Å². The van der Waals surface area contributed by atoms with Crippen molar-refractivity contribution in [3.8, 4) is 0 Å². The molecule has 0 saturated heterocycles. The summed E-state index contributed by atoms with van der Waals surface area (Å²) < 4.78 is 20.4. The molecule has 0 spiro atoms. The quantitative estimate of drug-likeness (QED) is 0.694. The van der Waals surface area contributed by atoms with E-state index in [-0.39, 0.29) is 23.9 Å². The van der Waals surface area contributed by atoms with Crippen molar-refractivity contribution in [1.29, 1.82) is 0 Å². The van der Waals surface area contributed by atoms with Crippen molar-refractivity contribution in [1.82, 2.24) is 9.78 Å². The average Bonchev–Trinajstić information content (AvgIpc) is 2.90. The highest BCUT2D eigenvalue weighted by molar-refractivity contribution is 5.90. The largest absolute Gasteiger partial charge is 0.456 e. The molecule has 2 aromatic rings. The van der Waals surface area contributed by atoms with Crippen LogP contribution in [0.15, 0.2) is 24.4 Å². The first-order valence-electron chi connectivity index (χ1n) is 6.65. The number of rotatable bonds is 4. The number of nitrogen functional groups attached to an aromatic ring is 1. The minimum atomic E-state index is -0.625. The number of benzene rings is 1. The molecule has 1 aromatic heterocycles. The van der Waals surface area contributed by atoms with Crippen molar-refractivity contribution in [2.45, 2.75) is 33.4 Å².